The van der Waals surface area contributed by atoms with Crippen LogP contribution < -0.4 is 5.32 Å². The van der Waals surface area contributed by atoms with Crippen molar-refractivity contribution in [3.8, 4) is 0 Å². The fraction of sp³-hybridized carbons (Fsp3) is 0.286. The van der Waals surface area contributed by atoms with E-state index in [0.717, 1.165) is 10.5 Å². The summed E-state index contributed by atoms with van der Waals surface area (Å²) in [5.41, 5.74) is 2.09. The molecule has 0 spiro atoms. The van der Waals surface area contributed by atoms with Crippen LogP contribution in [0, 0.1) is 12.8 Å². The van der Waals surface area contributed by atoms with Gasteiger partial charge in [0.15, 0.2) is 0 Å². The number of hydrogen-bond acceptors (Lipinski definition) is 3. The van der Waals surface area contributed by atoms with E-state index in [9.17, 15) is 14.4 Å². The minimum absolute atomic E-state index is 0.195. The molecule has 0 bridgehead atoms. The molecule has 5 nitrogen and oxygen atoms in total. The molecular formula is C21H21ClN2O3. The standard InChI is InChI=1S/C21H21ClN2O3/c1-4-12(2)18(19(25)23-17-10-9-14(22)11-13(17)3)24-20(26)15-7-5-6-8-16(15)21(24)27/h5-12,18H,4H2,1-3H3,(H,23,25)/t12-,18+/m1/s1. The van der Waals surface area contributed by atoms with Gasteiger partial charge in [-0.15, -0.1) is 0 Å². The van der Waals surface area contributed by atoms with Crippen LogP contribution in [0.1, 0.15) is 46.5 Å². The molecule has 1 N–H and O–H groups in total. The molecule has 1 aliphatic rings. The van der Waals surface area contributed by atoms with Gasteiger partial charge in [-0.3, -0.25) is 19.3 Å². The van der Waals surface area contributed by atoms with E-state index in [1.807, 2.05) is 20.8 Å². The van der Waals surface area contributed by atoms with Crippen molar-refractivity contribution < 1.29 is 14.4 Å². The Hall–Kier alpha value is -2.66. The van der Waals surface area contributed by atoms with Gasteiger partial charge in [0.05, 0.1) is 11.1 Å². The maximum absolute atomic E-state index is 13.1. The van der Waals surface area contributed by atoms with Gasteiger partial charge in [0.25, 0.3) is 11.8 Å². The average Bonchev–Trinajstić information content (AvgIpc) is 2.89. The number of amides is 3. The monoisotopic (exact) mass is 384 g/mol. The first kappa shape index (κ1) is 19.1. The van der Waals surface area contributed by atoms with Gasteiger partial charge in [-0.1, -0.05) is 44.0 Å². The smallest absolute Gasteiger partial charge is 0.262 e. The van der Waals surface area contributed by atoms with E-state index < -0.39 is 17.9 Å². The summed E-state index contributed by atoms with van der Waals surface area (Å²) < 4.78 is 0. The summed E-state index contributed by atoms with van der Waals surface area (Å²) in [5.74, 6) is -1.43. The van der Waals surface area contributed by atoms with Crippen LogP contribution in [0.4, 0.5) is 5.69 Å². The van der Waals surface area contributed by atoms with E-state index in [4.69, 9.17) is 11.6 Å². The fourth-order valence-electron chi connectivity index (χ4n) is 3.29. The van der Waals surface area contributed by atoms with Crippen LogP contribution in [0.15, 0.2) is 42.5 Å². The summed E-state index contributed by atoms with van der Waals surface area (Å²) in [7, 11) is 0. The number of fused-ring (bicyclic) bond motifs is 1. The number of rotatable bonds is 5. The molecule has 0 fully saturated rings. The number of anilines is 1. The third-order valence-electron chi connectivity index (χ3n) is 5.00. The molecule has 6 heteroatoms. The third-order valence-corrected chi connectivity index (χ3v) is 5.24. The highest BCUT2D eigenvalue weighted by atomic mass is 35.5. The molecule has 0 radical (unpaired) electrons. The molecule has 0 unspecified atom stereocenters. The van der Waals surface area contributed by atoms with Crippen molar-refractivity contribution in [2.24, 2.45) is 5.92 Å². The molecule has 1 aliphatic heterocycles. The average molecular weight is 385 g/mol. The van der Waals surface area contributed by atoms with E-state index in [2.05, 4.69) is 5.32 Å². The topological polar surface area (TPSA) is 66.5 Å². The molecular weight excluding hydrogens is 364 g/mol. The van der Waals surface area contributed by atoms with Gasteiger partial charge in [-0.25, -0.2) is 0 Å². The SMILES string of the molecule is CC[C@@H](C)[C@@H](C(=O)Nc1ccc(Cl)cc1C)N1C(=O)c2ccccc2C1=O. The summed E-state index contributed by atoms with van der Waals surface area (Å²) >= 11 is 5.97. The number of carbonyl (C=O) groups is 3. The first-order valence-electron chi connectivity index (χ1n) is 8.89. The molecule has 1 heterocycles. The fourth-order valence-corrected chi connectivity index (χ4v) is 3.51. The summed E-state index contributed by atoms with van der Waals surface area (Å²) in [4.78, 5) is 39.9. The molecule has 0 aromatic heterocycles. The van der Waals surface area contributed by atoms with Crippen molar-refractivity contribution in [1.29, 1.82) is 0 Å². The molecule has 140 valence electrons. The number of imide groups is 1. The summed E-state index contributed by atoms with van der Waals surface area (Å²) in [6, 6.07) is 10.9. The zero-order chi connectivity index (χ0) is 19.7. The zero-order valence-corrected chi connectivity index (χ0v) is 16.2. The number of hydrogen-bond donors (Lipinski definition) is 1. The van der Waals surface area contributed by atoms with Gasteiger partial charge in [0, 0.05) is 10.7 Å². The van der Waals surface area contributed by atoms with Crippen molar-refractivity contribution >= 4 is 35.0 Å². The number of carbonyl (C=O) groups excluding carboxylic acids is 3. The Morgan fingerprint density at radius 3 is 2.22 bits per heavy atom. The predicted octanol–water partition coefficient (Wildman–Crippen LogP) is 4.30. The van der Waals surface area contributed by atoms with Crippen LogP contribution in [-0.4, -0.2) is 28.7 Å². The number of aryl methyl sites for hydroxylation is 1. The minimum atomic E-state index is -0.891. The Kier molecular flexibility index (Phi) is 5.33. The molecule has 2 aromatic carbocycles. The Labute approximate surface area is 163 Å². The second-order valence-electron chi connectivity index (χ2n) is 6.80. The molecule has 2 aromatic rings. The summed E-state index contributed by atoms with van der Waals surface area (Å²) in [6.07, 6.45) is 0.644. The molecule has 27 heavy (non-hydrogen) atoms. The second-order valence-corrected chi connectivity index (χ2v) is 7.24. The molecule has 3 rings (SSSR count). The van der Waals surface area contributed by atoms with Gasteiger partial charge in [0.2, 0.25) is 5.91 Å². The lowest BCUT2D eigenvalue weighted by Crippen LogP contribution is -2.50. The second kappa shape index (κ2) is 7.53. The maximum Gasteiger partial charge on any atom is 0.262 e. The van der Waals surface area contributed by atoms with E-state index >= 15 is 0 Å². The van der Waals surface area contributed by atoms with Crippen LogP contribution in [0.2, 0.25) is 5.02 Å². The quantitative estimate of drug-likeness (QED) is 0.781. The number of halogens is 1. The van der Waals surface area contributed by atoms with E-state index in [1.54, 1.807) is 42.5 Å². The van der Waals surface area contributed by atoms with Gasteiger partial charge in [0.1, 0.15) is 6.04 Å². The summed E-state index contributed by atoms with van der Waals surface area (Å²) in [6.45, 7) is 5.63. The van der Waals surface area contributed by atoms with Crippen molar-refractivity contribution in [2.45, 2.75) is 33.2 Å². The van der Waals surface area contributed by atoms with Crippen LogP contribution in [0.5, 0.6) is 0 Å². The predicted molar refractivity (Wildman–Crippen MR) is 105 cm³/mol. The lowest BCUT2D eigenvalue weighted by Gasteiger charge is -2.30. The molecule has 2 atom stereocenters. The molecule has 0 saturated carbocycles. The highest BCUT2D eigenvalue weighted by Gasteiger charge is 2.44. The Balaban J connectivity index is 1.94. The van der Waals surface area contributed by atoms with Crippen molar-refractivity contribution in [2.75, 3.05) is 5.32 Å². The van der Waals surface area contributed by atoms with Gasteiger partial charge < -0.3 is 5.32 Å². The number of nitrogens with zero attached hydrogens (tertiary/aromatic N) is 1. The van der Waals surface area contributed by atoms with Crippen LogP contribution in [0.3, 0.4) is 0 Å². The van der Waals surface area contributed by atoms with Crippen molar-refractivity contribution in [3.63, 3.8) is 0 Å². The first-order valence-corrected chi connectivity index (χ1v) is 9.26. The number of benzene rings is 2. The van der Waals surface area contributed by atoms with Crippen LogP contribution in [0.25, 0.3) is 0 Å². The molecule has 3 amide bonds. The highest BCUT2D eigenvalue weighted by Crippen LogP contribution is 2.29. The van der Waals surface area contributed by atoms with Gasteiger partial charge in [-0.05, 0) is 48.7 Å². The summed E-state index contributed by atoms with van der Waals surface area (Å²) in [5, 5.41) is 3.43. The minimum Gasteiger partial charge on any atom is -0.324 e. The first-order chi connectivity index (χ1) is 12.8. The van der Waals surface area contributed by atoms with E-state index in [-0.39, 0.29) is 11.8 Å². The molecule has 0 saturated heterocycles. The lowest BCUT2D eigenvalue weighted by atomic mass is 9.96. The van der Waals surface area contributed by atoms with Crippen LogP contribution in [-0.2, 0) is 4.79 Å². The van der Waals surface area contributed by atoms with Crippen LogP contribution >= 0.6 is 11.6 Å². The third kappa shape index (κ3) is 3.47. The Bertz CT molecular complexity index is 890. The van der Waals surface area contributed by atoms with Gasteiger partial charge in [-0.2, -0.15) is 0 Å². The zero-order valence-electron chi connectivity index (χ0n) is 15.5. The Morgan fingerprint density at radius 2 is 1.70 bits per heavy atom. The molecule has 0 aliphatic carbocycles. The van der Waals surface area contributed by atoms with Crippen molar-refractivity contribution in [1.82, 2.24) is 4.90 Å². The van der Waals surface area contributed by atoms with E-state index in [1.165, 1.54) is 0 Å². The Morgan fingerprint density at radius 1 is 1.11 bits per heavy atom. The lowest BCUT2D eigenvalue weighted by molar-refractivity contribution is -0.121. The van der Waals surface area contributed by atoms with Gasteiger partial charge >= 0.3 is 0 Å². The maximum atomic E-state index is 13.1. The van der Waals surface area contributed by atoms with Crippen molar-refractivity contribution in [3.05, 3.63) is 64.2 Å². The highest BCUT2D eigenvalue weighted by molar-refractivity contribution is 6.30. The normalized spacial score (nSPS) is 15.5. The van der Waals surface area contributed by atoms with E-state index in [0.29, 0.717) is 28.3 Å². The number of nitrogens with one attached hydrogen (secondary N) is 1. The largest absolute Gasteiger partial charge is 0.324 e.